The van der Waals surface area contributed by atoms with E-state index < -0.39 is 28.9 Å². The molecule has 45 heavy (non-hydrogen) atoms. The van der Waals surface area contributed by atoms with Gasteiger partial charge in [-0.25, -0.2) is 0 Å². The summed E-state index contributed by atoms with van der Waals surface area (Å²) in [4.78, 5) is 43.0. The third-order valence-corrected chi connectivity index (χ3v) is 15.0. The molecule has 0 aliphatic heterocycles. The fourth-order valence-corrected chi connectivity index (χ4v) is 12.0. The molecule has 4 saturated carbocycles. The second kappa shape index (κ2) is 10.7. The van der Waals surface area contributed by atoms with Crippen LogP contribution in [0.4, 0.5) is 5.69 Å². The van der Waals surface area contributed by atoms with Crippen LogP contribution in [0.5, 0.6) is 0 Å². The van der Waals surface area contributed by atoms with Crippen LogP contribution in [0.25, 0.3) is 0 Å². The number of carboxylic acids is 1. The van der Waals surface area contributed by atoms with Gasteiger partial charge in [-0.2, -0.15) is 0 Å². The highest BCUT2D eigenvalue weighted by Crippen LogP contribution is 2.75. The number of esters is 1. The first-order valence-electron chi connectivity index (χ1n) is 17.5. The zero-order valence-electron chi connectivity index (χ0n) is 28.8. The van der Waals surface area contributed by atoms with Gasteiger partial charge in [0.15, 0.2) is 5.78 Å². The van der Waals surface area contributed by atoms with Gasteiger partial charge >= 0.3 is 11.9 Å². The summed E-state index contributed by atoms with van der Waals surface area (Å²) in [5, 5.41) is 10.9. The number of benzene rings is 1. The highest BCUT2D eigenvalue weighted by Gasteiger charge is 2.72. The fraction of sp³-hybridized carbons (Fsp3) is 0.718. The van der Waals surface area contributed by atoms with Crippen molar-refractivity contribution in [2.45, 2.75) is 106 Å². The van der Waals surface area contributed by atoms with Gasteiger partial charge in [-0.1, -0.05) is 65.3 Å². The van der Waals surface area contributed by atoms with Crippen LogP contribution in [-0.2, 0) is 19.1 Å². The molecule has 246 valence electrons. The molecule has 1 aromatic rings. The maximum absolute atomic E-state index is 14.6. The Hall–Kier alpha value is -2.63. The lowest BCUT2D eigenvalue weighted by Gasteiger charge is -2.70. The fourth-order valence-electron chi connectivity index (χ4n) is 12.0. The van der Waals surface area contributed by atoms with Gasteiger partial charge in [0.05, 0.1) is 0 Å². The Morgan fingerprint density at radius 2 is 1.62 bits per heavy atom. The zero-order valence-corrected chi connectivity index (χ0v) is 28.8. The van der Waals surface area contributed by atoms with Gasteiger partial charge in [-0.3, -0.25) is 14.4 Å². The lowest BCUT2D eigenvalue weighted by Crippen LogP contribution is -2.68. The number of likely N-dealkylation sites (N-methyl/N-ethyl adjacent to an activating group) is 1. The van der Waals surface area contributed by atoms with E-state index in [0.29, 0.717) is 37.0 Å². The SMILES string of the molecule is C[C@H]1[C@H](C)CC[C@]2(C)CC[C@]3(C)C(=CC(=O)[C@@H]4[C@@]5(C)CC[C@@H](OC(=O)CN(C)c6ccccc6)[C@](C)(C(=O)O)[C@@H]5CC[C@]43C)[C@H]12. The van der Waals surface area contributed by atoms with E-state index in [0.717, 1.165) is 18.5 Å². The summed E-state index contributed by atoms with van der Waals surface area (Å²) in [5.41, 5.74) is 0.405. The molecule has 0 amide bonds. The summed E-state index contributed by atoms with van der Waals surface area (Å²) >= 11 is 0. The van der Waals surface area contributed by atoms with Crippen LogP contribution in [0.15, 0.2) is 42.0 Å². The van der Waals surface area contributed by atoms with Gasteiger partial charge in [0.1, 0.15) is 18.1 Å². The summed E-state index contributed by atoms with van der Waals surface area (Å²) in [6, 6.07) is 9.64. The third-order valence-electron chi connectivity index (χ3n) is 15.0. The summed E-state index contributed by atoms with van der Waals surface area (Å²) in [6.07, 6.45) is 8.72. The Morgan fingerprint density at radius 3 is 2.29 bits per heavy atom. The molecule has 6 nitrogen and oxygen atoms in total. The summed E-state index contributed by atoms with van der Waals surface area (Å²) in [7, 11) is 1.84. The van der Waals surface area contributed by atoms with E-state index >= 15 is 0 Å². The highest BCUT2D eigenvalue weighted by molar-refractivity contribution is 5.96. The molecule has 0 aromatic heterocycles. The molecule has 1 aromatic carbocycles. The second-order valence-corrected chi connectivity index (χ2v) is 17.1. The number of carboxylic acid groups (broad SMARTS) is 1. The molecule has 11 atom stereocenters. The van der Waals surface area contributed by atoms with Crippen molar-refractivity contribution in [2.24, 2.45) is 56.7 Å². The normalized spacial score (nSPS) is 45.6. The molecule has 6 heteroatoms. The number of hydrogen-bond donors (Lipinski definition) is 1. The standard InChI is InChI=1S/C39H55NO5/c1-24-14-17-35(3)20-21-37(5)27(32(35)25(24)2)22-28(41)33-36(4)18-16-30(39(7,34(43)44)29(36)15-19-38(33,37)6)45-31(42)23-40(8)26-12-10-9-11-13-26/h9-13,22,24-25,29-30,32-33H,14-21,23H2,1-8H3,(H,43,44)/t24-,25+,29-,30-,32+,33-,35-,36+,37-,38-,39-/m1/s1. The molecule has 5 aliphatic carbocycles. The van der Waals surface area contributed by atoms with Gasteiger partial charge in [0.2, 0.25) is 0 Å². The second-order valence-electron chi connectivity index (χ2n) is 17.1. The van der Waals surface area contributed by atoms with Gasteiger partial charge < -0.3 is 14.7 Å². The number of carbonyl (C=O) groups excluding carboxylic acids is 2. The Balaban J connectivity index is 1.32. The average Bonchev–Trinajstić information content (AvgIpc) is 2.98. The van der Waals surface area contributed by atoms with E-state index in [-0.39, 0.29) is 40.4 Å². The topological polar surface area (TPSA) is 83.9 Å². The molecule has 6 rings (SSSR count). The van der Waals surface area contributed by atoms with Crippen LogP contribution >= 0.6 is 0 Å². The minimum Gasteiger partial charge on any atom is -0.481 e. The first-order valence-corrected chi connectivity index (χ1v) is 17.5. The molecule has 0 radical (unpaired) electrons. The van der Waals surface area contributed by atoms with E-state index in [1.165, 1.54) is 24.8 Å². The largest absolute Gasteiger partial charge is 0.481 e. The number of para-hydroxylation sites is 1. The number of fused-ring (bicyclic) bond motifs is 7. The van der Waals surface area contributed by atoms with Crippen molar-refractivity contribution in [1.82, 2.24) is 0 Å². The number of aliphatic carboxylic acids is 1. The highest BCUT2D eigenvalue weighted by atomic mass is 16.5. The van der Waals surface area contributed by atoms with E-state index in [9.17, 15) is 19.5 Å². The zero-order chi connectivity index (χ0) is 32.7. The maximum atomic E-state index is 14.6. The smallest absolute Gasteiger partial charge is 0.325 e. The summed E-state index contributed by atoms with van der Waals surface area (Å²) in [6.45, 7) is 16.1. The van der Waals surface area contributed by atoms with Gasteiger partial charge in [0, 0.05) is 18.7 Å². The monoisotopic (exact) mass is 617 g/mol. The Kier molecular flexibility index (Phi) is 7.69. The number of ketones is 1. The number of allylic oxidation sites excluding steroid dienone is 2. The first-order chi connectivity index (χ1) is 21.0. The van der Waals surface area contributed by atoms with Crippen LogP contribution in [0.2, 0.25) is 0 Å². The summed E-state index contributed by atoms with van der Waals surface area (Å²) in [5.74, 6) is -0.0712. The van der Waals surface area contributed by atoms with Crippen molar-refractivity contribution in [3.8, 4) is 0 Å². The average molecular weight is 618 g/mol. The van der Waals surface area contributed by atoms with E-state index in [4.69, 9.17) is 4.74 Å². The molecule has 0 spiro atoms. The minimum absolute atomic E-state index is 0.0420. The van der Waals surface area contributed by atoms with Crippen LogP contribution in [0.1, 0.15) is 99.8 Å². The molecule has 0 unspecified atom stereocenters. The number of carbonyl (C=O) groups is 3. The van der Waals surface area contributed by atoms with E-state index in [2.05, 4.69) is 47.6 Å². The molecule has 5 aliphatic rings. The van der Waals surface area contributed by atoms with Crippen LogP contribution in [0.3, 0.4) is 0 Å². The number of rotatable bonds is 5. The van der Waals surface area contributed by atoms with Crippen molar-refractivity contribution in [3.63, 3.8) is 0 Å². The number of nitrogens with zero attached hydrogens (tertiary/aromatic N) is 1. The molecular weight excluding hydrogens is 562 g/mol. The van der Waals surface area contributed by atoms with Crippen LogP contribution in [0, 0.1) is 56.7 Å². The molecule has 4 fully saturated rings. The van der Waals surface area contributed by atoms with Crippen LogP contribution in [-0.4, -0.2) is 42.5 Å². The van der Waals surface area contributed by atoms with Crippen molar-refractivity contribution in [3.05, 3.63) is 42.0 Å². The molecular formula is C39H55NO5. The quantitative estimate of drug-likeness (QED) is 0.338. The lowest BCUT2D eigenvalue weighted by atomic mass is 9.33. The van der Waals surface area contributed by atoms with E-state index in [1.807, 2.05) is 42.3 Å². The van der Waals surface area contributed by atoms with Gasteiger partial charge in [-0.05, 0) is 122 Å². The molecule has 1 N–H and O–H groups in total. The van der Waals surface area contributed by atoms with Crippen molar-refractivity contribution in [2.75, 3.05) is 18.5 Å². The Bertz CT molecular complexity index is 1410. The summed E-state index contributed by atoms with van der Waals surface area (Å²) < 4.78 is 6.08. The molecule has 0 heterocycles. The predicted molar refractivity (Wildman–Crippen MR) is 177 cm³/mol. The lowest BCUT2D eigenvalue weighted by molar-refractivity contribution is -0.221. The minimum atomic E-state index is -1.28. The Morgan fingerprint density at radius 1 is 0.933 bits per heavy atom. The van der Waals surface area contributed by atoms with E-state index in [1.54, 1.807) is 6.92 Å². The van der Waals surface area contributed by atoms with Crippen molar-refractivity contribution >= 4 is 23.4 Å². The number of ether oxygens (including phenoxy) is 1. The van der Waals surface area contributed by atoms with Gasteiger partial charge in [0.25, 0.3) is 0 Å². The number of anilines is 1. The predicted octanol–water partition coefficient (Wildman–Crippen LogP) is 7.96. The third kappa shape index (κ3) is 4.50. The first kappa shape index (κ1) is 32.3. The Labute approximate surface area is 270 Å². The van der Waals surface area contributed by atoms with Crippen molar-refractivity contribution in [1.29, 1.82) is 0 Å². The van der Waals surface area contributed by atoms with Gasteiger partial charge in [-0.15, -0.1) is 0 Å². The van der Waals surface area contributed by atoms with Crippen molar-refractivity contribution < 1.29 is 24.2 Å². The number of hydrogen-bond acceptors (Lipinski definition) is 5. The van der Waals surface area contributed by atoms with Crippen LogP contribution < -0.4 is 4.90 Å². The molecule has 0 saturated heterocycles. The maximum Gasteiger partial charge on any atom is 0.325 e. The molecule has 0 bridgehead atoms.